The quantitative estimate of drug-likeness (QED) is 0.803. The molecule has 1 N–H and O–H groups in total. The van der Waals surface area contributed by atoms with Crippen LogP contribution in [0.15, 0.2) is 35.2 Å². The molecule has 28 heavy (non-hydrogen) atoms. The fraction of sp³-hybridized carbons (Fsp3) is 0.667. The van der Waals surface area contributed by atoms with E-state index in [9.17, 15) is 18.3 Å². The first-order chi connectivity index (χ1) is 13.4. The van der Waals surface area contributed by atoms with Gasteiger partial charge in [0.25, 0.3) is 0 Å². The number of nitrogens with zero attached hydrogens (tertiary/aromatic N) is 2. The highest BCUT2D eigenvalue weighted by molar-refractivity contribution is 7.91. The molecule has 6 nitrogen and oxygen atoms in total. The van der Waals surface area contributed by atoms with Crippen LogP contribution in [0, 0.1) is 11.8 Å². The highest BCUT2D eigenvalue weighted by Crippen LogP contribution is 2.39. The number of benzene rings is 1. The van der Waals surface area contributed by atoms with Crippen LogP contribution in [0.5, 0.6) is 0 Å². The van der Waals surface area contributed by atoms with Gasteiger partial charge in [-0.3, -0.25) is 9.69 Å². The second-order valence-electron chi connectivity index (χ2n) is 8.55. The van der Waals surface area contributed by atoms with Crippen LogP contribution in [-0.4, -0.2) is 73.3 Å². The maximum absolute atomic E-state index is 12.7. The van der Waals surface area contributed by atoms with Crippen molar-refractivity contribution in [2.24, 2.45) is 11.8 Å². The second kappa shape index (κ2) is 8.13. The predicted octanol–water partition coefficient (Wildman–Crippen LogP) is 1.54. The molecule has 0 bridgehead atoms. The summed E-state index contributed by atoms with van der Waals surface area (Å²) in [7, 11) is -3.43. The molecule has 0 unspecified atom stereocenters. The van der Waals surface area contributed by atoms with E-state index in [2.05, 4.69) is 4.90 Å². The third-order valence-corrected chi connectivity index (χ3v) is 8.49. The molecule has 1 saturated carbocycles. The number of rotatable bonds is 5. The van der Waals surface area contributed by atoms with Crippen molar-refractivity contribution >= 4 is 15.7 Å². The lowest BCUT2D eigenvalue weighted by atomic mass is 9.77. The normalized spacial score (nSPS) is 31.1. The van der Waals surface area contributed by atoms with Gasteiger partial charge in [0.2, 0.25) is 5.91 Å². The maximum Gasteiger partial charge on any atom is 0.223 e. The second-order valence-corrected chi connectivity index (χ2v) is 10.7. The van der Waals surface area contributed by atoms with Crippen molar-refractivity contribution in [3.63, 3.8) is 0 Å². The number of fused-ring (bicyclic) bond motifs is 1. The number of hydrogen-bond acceptors (Lipinski definition) is 5. The Morgan fingerprint density at radius 3 is 2.36 bits per heavy atom. The van der Waals surface area contributed by atoms with Gasteiger partial charge in [0.1, 0.15) is 0 Å². The Labute approximate surface area is 167 Å². The summed E-state index contributed by atoms with van der Waals surface area (Å²) in [5, 5.41) is 10.6. The lowest BCUT2D eigenvalue weighted by Crippen LogP contribution is -2.48. The summed E-state index contributed by atoms with van der Waals surface area (Å²) in [6.45, 7) is 3.49. The van der Waals surface area contributed by atoms with E-state index in [1.165, 1.54) is 12.8 Å². The first kappa shape index (κ1) is 19.9. The van der Waals surface area contributed by atoms with Crippen LogP contribution in [0.3, 0.4) is 0 Å². The van der Waals surface area contributed by atoms with Gasteiger partial charge in [0.05, 0.1) is 16.8 Å². The van der Waals surface area contributed by atoms with Crippen LogP contribution in [0.2, 0.25) is 0 Å². The molecule has 0 aromatic heterocycles. The minimum Gasteiger partial charge on any atom is -0.391 e. The topological polar surface area (TPSA) is 77.9 Å². The number of amides is 1. The van der Waals surface area contributed by atoms with E-state index in [0.717, 1.165) is 25.9 Å². The molecule has 2 aliphatic heterocycles. The molecule has 0 spiro atoms. The first-order valence-corrected chi connectivity index (χ1v) is 12.1. The molecule has 1 amide bonds. The van der Waals surface area contributed by atoms with Crippen LogP contribution in [0.4, 0.5) is 0 Å². The summed E-state index contributed by atoms with van der Waals surface area (Å²) < 4.78 is 24.9. The van der Waals surface area contributed by atoms with Crippen LogP contribution < -0.4 is 0 Å². The molecule has 4 atom stereocenters. The summed E-state index contributed by atoms with van der Waals surface area (Å²) >= 11 is 0. The van der Waals surface area contributed by atoms with Crippen LogP contribution in [0.1, 0.15) is 32.1 Å². The molecular weight excluding hydrogens is 376 g/mol. The molecule has 2 heterocycles. The van der Waals surface area contributed by atoms with E-state index >= 15 is 0 Å². The summed E-state index contributed by atoms with van der Waals surface area (Å²) in [5.74, 6) is 0.522. The van der Waals surface area contributed by atoms with E-state index < -0.39 is 9.84 Å². The third-order valence-electron chi connectivity index (χ3n) is 6.76. The minimum absolute atomic E-state index is 0.0226. The zero-order valence-corrected chi connectivity index (χ0v) is 17.1. The number of carbonyl (C=O) groups excluding carboxylic acids is 1. The fourth-order valence-electron chi connectivity index (χ4n) is 5.20. The first-order valence-electron chi connectivity index (χ1n) is 10.4. The maximum atomic E-state index is 12.7. The Hall–Kier alpha value is -1.44. The van der Waals surface area contributed by atoms with Crippen molar-refractivity contribution in [2.75, 3.05) is 31.9 Å². The lowest BCUT2D eigenvalue weighted by Gasteiger charge is -2.40. The van der Waals surface area contributed by atoms with Gasteiger partial charge in [-0.15, -0.1) is 0 Å². The van der Waals surface area contributed by atoms with Gasteiger partial charge in [0, 0.05) is 25.6 Å². The highest BCUT2D eigenvalue weighted by Gasteiger charge is 2.44. The summed E-state index contributed by atoms with van der Waals surface area (Å²) in [5.41, 5.74) is 0. The van der Waals surface area contributed by atoms with Crippen molar-refractivity contribution in [1.29, 1.82) is 0 Å². The number of aliphatic hydroxyl groups is 1. The predicted molar refractivity (Wildman–Crippen MR) is 107 cm³/mol. The van der Waals surface area contributed by atoms with Gasteiger partial charge in [-0.05, 0) is 62.7 Å². The van der Waals surface area contributed by atoms with Crippen LogP contribution in [0.25, 0.3) is 0 Å². The fourth-order valence-corrected chi connectivity index (χ4v) is 6.45. The lowest BCUT2D eigenvalue weighted by molar-refractivity contribution is -0.129. The van der Waals surface area contributed by atoms with E-state index in [0.29, 0.717) is 24.9 Å². The molecule has 3 fully saturated rings. The molecule has 7 heteroatoms. The van der Waals surface area contributed by atoms with E-state index in [-0.39, 0.29) is 35.1 Å². The smallest absolute Gasteiger partial charge is 0.223 e. The van der Waals surface area contributed by atoms with Crippen molar-refractivity contribution in [2.45, 2.75) is 49.1 Å². The van der Waals surface area contributed by atoms with Crippen molar-refractivity contribution in [1.82, 2.24) is 9.80 Å². The molecule has 0 radical (unpaired) electrons. The minimum atomic E-state index is -3.43. The molecule has 1 aromatic carbocycles. The zero-order chi connectivity index (χ0) is 19.7. The molecule has 154 valence electrons. The Bertz CT molecular complexity index is 792. The standard InChI is InChI=1S/C21H30N2O4S/c24-20-13-17-15-23(14-16(17)12-19(20)22-9-4-5-10-22)21(25)8-11-28(26,27)18-6-2-1-3-7-18/h1-3,6-7,16-17,19-20,24H,4-5,8-15H2/t16-,17+,19-,20-/m1/s1. The van der Waals surface area contributed by atoms with Crippen molar-refractivity contribution in [3.05, 3.63) is 30.3 Å². The zero-order valence-electron chi connectivity index (χ0n) is 16.2. The van der Waals surface area contributed by atoms with E-state index in [4.69, 9.17) is 0 Å². The number of aliphatic hydroxyl groups excluding tert-OH is 1. The van der Waals surface area contributed by atoms with Gasteiger partial charge >= 0.3 is 0 Å². The molecule has 3 aliphatic rings. The van der Waals surface area contributed by atoms with Crippen LogP contribution >= 0.6 is 0 Å². The SMILES string of the molecule is O=C(CCS(=O)(=O)c1ccccc1)N1C[C@H]2C[C@@H](N3CCCC3)[C@H](O)C[C@H]2C1. The van der Waals surface area contributed by atoms with E-state index in [1.807, 2.05) is 4.90 Å². The molecule has 1 aliphatic carbocycles. The van der Waals surface area contributed by atoms with Gasteiger partial charge in [0.15, 0.2) is 9.84 Å². The summed E-state index contributed by atoms with van der Waals surface area (Å²) in [6.07, 6.45) is 3.81. The van der Waals surface area contributed by atoms with Crippen molar-refractivity contribution in [3.8, 4) is 0 Å². The summed E-state index contributed by atoms with van der Waals surface area (Å²) in [6, 6.07) is 8.54. The average molecular weight is 407 g/mol. The van der Waals surface area contributed by atoms with Crippen molar-refractivity contribution < 1.29 is 18.3 Å². The Balaban J connectivity index is 1.33. The Kier molecular flexibility index (Phi) is 5.76. The third kappa shape index (κ3) is 4.11. The van der Waals surface area contributed by atoms with E-state index in [1.54, 1.807) is 30.3 Å². The largest absolute Gasteiger partial charge is 0.391 e. The molecular formula is C21H30N2O4S. The van der Waals surface area contributed by atoms with Gasteiger partial charge in [-0.25, -0.2) is 8.42 Å². The number of likely N-dealkylation sites (tertiary alicyclic amines) is 2. The number of sulfone groups is 1. The van der Waals surface area contributed by atoms with Crippen LogP contribution in [-0.2, 0) is 14.6 Å². The monoisotopic (exact) mass is 406 g/mol. The van der Waals surface area contributed by atoms with Gasteiger partial charge in [-0.1, -0.05) is 18.2 Å². The molecule has 1 aromatic rings. The highest BCUT2D eigenvalue weighted by atomic mass is 32.2. The number of hydrogen-bond donors (Lipinski definition) is 1. The number of carbonyl (C=O) groups is 1. The van der Waals surface area contributed by atoms with Gasteiger partial charge in [-0.2, -0.15) is 0 Å². The average Bonchev–Trinajstić information content (AvgIpc) is 3.35. The summed E-state index contributed by atoms with van der Waals surface area (Å²) in [4.78, 5) is 17.2. The molecule has 2 saturated heterocycles. The molecule has 4 rings (SSSR count). The van der Waals surface area contributed by atoms with Gasteiger partial charge < -0.3 is 10.0 Å². The Morgan fingerprint density at radius 2 is 1.68 bits per heavy atom. The Morgan fingerprint density at radius 1 is 1.04 bits per heavy atom.